The van der Waals surface area contributed by atoms with Gasteiger partial charge in [-0.25, -0.2) is 8.42 Å². The van der Waals surface area contributed by atoms with Crippen LogP contribution in [-0.2, 0) is 10.0 Å². The lowest BCUT2D eigenvalue weighted by atomic mass is 10.1. The predicted octanol–water partition coefficient (Wildman–Crippen LogP) is 2.93. The van der Waals surface area contributed by atoms with E-state index in [4.69, 9.17) is 5.73 Å². The number of nitrogen functional groups attached to an aromatic ring is 1. The number of rotatable bonds is 3. The number of hydrogen-bond donors (Lipinski definition) is 2. The number of pyridine rings is 1. The Hall–Kier alpha value is -2.60. The van der Waals surface area contributed by atoms with Gasteiger partial charge in [0.05, 0.1) is 16.9 Å². The first-order chi connectivity index (χ1) is 10.5. The molecule has 6 heteroatoms. The van der Waals surface area contributed by atoms with Crippen molar-refractivity contribution >= 4 is 32.3 Å². The average molecular weight is 313 g/mol. The summed E-state index contributed by atoms with van der Waals surface area (Å²) in [6.45, 7) is 1.96. The number of nitrogens with two attached hydrogens (primary N) is 1. The van der Waals surface area contributed by atoms with Gasteiger partial charge in [0.2, 0.25) is 0 Å². The summed E-state index contributed by atoms with van der Waals surface area (Å²) < 4.78 is 27.6. The Balaban J connectivity index is 2.11. The van der Waals surface area contributed by atoms with Gasteiger partial charge in [-0.1, -0.05) is 24.3 Å². The van der Waals surface area contributed by atoms with Gasteiger partial charge in [0.25, 0.3) is 10.0 Å². The smallest absolute Gasteiger partial charge is 0.264 e. The molecule has 22 heavy (non-hydrogen) atoms. The van der Waals surface area contributed by atoms with Gasteiger partial charge in [0.1, 0.15) is 4.90 Å². The van der Waals surface area contributed by atoms with Crippen LogP contribution in [0.4, 0.5) is 11.4 Å². The molecule has 3 aromatic rings. The van der Waals surface area contributed by atoms with Gasteiger partial charge >= 0.3 is 0 Å². The van der Waals surface area contributed by atoms with Crippen LogP contribution >= 0.6 is 0 Å². The van der Waals surface area contributed by atoms with Crippen molar-refractivity contribution in [3.8, 4) is 0 Å². The zero-order valence-electron chi connectivity index (χ0n) is 11.9. The normalized spacial score (nSPS) is 11.5. The second kappa shape index (κ2) is 5.31. The number of benzene rings is 2. The molecule has 5 nitrogen and oxygen atoms in total. The van der Waals surface area contributed by atoms with E-state index in [1.807, 2.05) is 19.1 Å². The SMILES string of the molecule is Cc1ccnc2c(NS(=O)(=O)c3ccccc3N)cccc12. The van der Waals surface area contributed by atoms with Crippen LogP contribution in [0.15, 0.2) is 59.6 Å². The number of sulfonamides is 1. The minimum Gasteiger partial charge on any atom is -0.398 e. The Bertz CT molecular complexity index is 953. The highest BCUT2D eigenvalue weighted by Gasteiger charge is 2.18. The molecule has 1 aromatic heterocycles. The molecule has 0 aliphatic heterocycles. The van der Waals surface area contributed by atoms with Gasteiger partial charge in [0, 0.05) is 11.6 Å². The van der Waals surface area contributed by atoms with Gasteiger partial charge in [-0.15, -0.1) is 0 Å². The maximum absolute atomic E-state index is 12.5. The van der Waals surface area contributed by atoms with E-state index in [-0.39, 0.29) is 10.6 Å². The third kappa shape index (κ3) is 2.48. The zero-order valence-corrected chi connectivity index (χ0v) is 12.8. The van der Waals surface area contributed by atoms with E-state index < -0.39 is 10.0 Å². The zero-order chi connectivity index (χ0) is 15.7. The Labute approximate surface area is 128 Å². The lowest BCUT2D eigenvalue weighted by Crippen LogP contribution is -2.15. The van der Waals surface area contributed by atoms with Crippen LogP contribution in [0.1, 0.15) is 5.56 Å². The van der Waals surface area contributed by atoms with Crippen molar-refractivity contribution in [1.29, 1.82) is 0 Å². The second-order valence-electron chi connectivity index (χ2n) is 4.97. The van der Waals surface area contributed by atoms with Crippen LogP contribution in [0.2, 0.25) is 0 Å². The van der Waals surface area contributed by atoms with Crippen molar-refractivity contribution in [2.75, 3.05) is 10.5 Å². The highest BCUT2D eigenvalue weighted by Crippen LogP contribution is 2.27. The van der Waals surface area contributed by atoms with Crippen molar-refractivity contribution in [3.05, 3.63) is 60.3 Å². The highest BCUT2D eigenvalue weighted by atomic mass is 32.2. The van der Waals surface area contributed by atoms with E-state index in [0.717, 1.165) is 10.9 Å². The van der Waals surface area contributed by atoms with E-state index in [0.29, 0.717) is 11.2 Å². The number of anilines is 2. The molecular weight excluding hydrogens is 298 g/mol. The van der Waals surface area contributed by atoms with Crippen molar-refractivity contribution in [3.63, 3.8) is 0 Å². The topological polar surface area (TPSA) is 85.1 Å². The molecule has 0 radical (unpaired) electrons. The van der Waals surface area contributed by atoms with Crippen LogP contribution in [0.25, 0.3) is 10.9 Å². The maximum atomic E-state index is 12.5. The third-order valence-electron chi connectivity index (χ3n) is 3.44. The van der Waals surface area contributed by atoms with Crippen LogP contribution in [0.5, 0.6) is 0 Å². The molecular formula is C16H15N3O2S. The minimum atomic E-state index is -3.76. The summed E-state index contributed by atoms with van der Waals surface area (Å²) >= 11 is 0. The van der Waals surface area contributed by atoms with E-state index in [9.17, 15) is 8.42 Å². The molecule has 0 atom stereocenters. The lowest BCUT2D eigenvalue weighted by Gasteiger charge is -2.12. The fraction of sp³-hybridized carbons (Fsp3) is 0.0625. The molecule has 112 valence electrons. The number of nitrogens with zero attached hydrogens (tertiary/aromatic N) is 1. The van der Waals surface area contributed by atoms with E-state index >= 15 is 0 Å². The van der Waals surface area contributed by atoms with Gasteiger partial charge in [-0.2, -0.15) is 0 Å². The molecule has 3 N–H and O–H groups in total. The molecule has 0 aliphatic rings. The molecule has 0 amide bonds. The fourth-order valence-electron chi connectivity index (χ4n) is 2.32. The molecule has 0 aliphatic carbocycles. The largest absolute Gasteiger partial charge is 0.398 e. The van der Waals surface area contributed by atoms with Gasteiger partial charge < -0.3 is 5.73 Å². The summed E-state index contributed by atoms with van der Waals surface area (Å²) in [6.07, 6.45) is 1.66. The number of hydrogen-bond acceptors (Lipinski definition) is 4. The lowest BCUT2D eigenvalue weighted by molar-refractivity contribution is 0.601. The summed E-state index contributed by atoms with van der Waals surface area (Å²) in [5.41, 5.74) is 8.05. The summed E-state index contributed by atoms with van der Waals surface area (Å²) in [6, 6.07) is 13.6. The van der Waals surface area contributed by atoms with E-state index in [2.05, 4.69) is 9.71 Å². The Morgan fingerprint density at radius 3 is 2.59 bits per heavy atom. The van der Waals surface area contributed by atoms with Gasteiger partial charge in [-0.05, 0) is 36.8 Å². The summed E-state index contributed by atoms with van der Waals surface area (Å²) in [4.78, 5) is 4.34. The summed E-state index contributed by atoms with van der Waals surface area (Å²) in [5, 5.41) is 0.906. The van der Waals surface area contributed by atoms with Crippen LogP contribution < -0.4 is 10.5 Å². The van der Waals surface area contributed by atoms with Gasteiger partial charge in [-0.3, -0.25) is 9.71 Å². The first-order valence-electron chi connectivity index (χ1n) is 6.71. The maximum Gasteiger partial charge on any atom is 0.264 e. The molecule has 0 spiro atoms. The number of nitrogens with one attached hydrogen (secondary N) is 1. The first-order valence-corrected chi connectivity index (χ1v) is 8.19. The monoisotopic (exact) mass is 313 g/mol. The van der Waals surface area contributed by atoms with Crippen LogP contribution in [0.3, 0.4) is 0 Å². The van der Waals surface area contributed by atoms with Crippen molar-refractivity contribution < 1.29 is 8.42 Å². The summed E-state index contributed by atoms with van der Waals surface area (Å²) in [5.74, 6) is 0. The highest BCUT2D eigenvalue weighted by molar-refractivity contribution is 7.93. The molecule has 0 bridgehead atoms. The Morgan fingerprint density at radius 2 is 1.82 bits per heavy atom. The van der Waals surface area contributed by atoms with E-state index in [1.54, 1.807) is 36.5 Å². The quantitative estimate of drug-likeness (QED) is 0.728. The van der Waals surface area contributed by atoms with Crippen molar-refractivity contribution in [1.82, 2.24) is 4.98 Å². The second-order valence-corrected chi connectivity index (χ2v) is 6.62. The standard InChI is InChI=1S/C16H15N3O2S/c1-11-9-10-18-16-12(11)5-4-7-14(16)19-22(20,21)15-8-3-2-6-13(15)17/h2-10,19H,17H2,1H3. The Kier molecular flexibility index (Phi) is 3.46. The predicted molar refractivity (Wildman–Crippen MR) is 88.1 cm³/mol. The Morgan fingerprint density at radius 1 is 1.05 bits per heavy atom. The number of aryl methyl sites for hydroxylation is 1. The molecule has 0 unspecified atom stereocenters. The number of para-hydroxylation sites is 2. The molecule has 0 saturated heterocycles. The van der Waals surface area contributed by atoms with E-state index in [1.165, 1.54) is 6.07 Å². The molecule has 1 heterocycles. The molecule has 0 fully saturated rings. The average Bonchev–Trinajstić information content (AvgIpc) is 2.48. The third-order valence-corrected chi connectivity index (χ3v) is 4.88. The minimum absolute atomic E-state index is 0.0552. The van der Waals surface area contributed by atoms with Crippen molar-refractivity contribution in [2.24, 2.45) is 0 Å². The fourth-order valence-corrected chi connectivity index (χ4v) is 3.52. The van der Waals surface area contributed by atoms with Gasteiger partial charge in [0.15, 0.2) is 0 Å². The summed E-state index contributed by atoms with van der Waals surface area (Å²) in [7, 11) is -3.76. The first kappa shape index (κ1) is 14.3. The van der Waals surface area contributed by atoms with Crippen LogP contribution in [0, 0.1) is 6.92 Å². The molecule has 2 aromatic carbocycles. The molecule has 3 rings (SSSR count). The number of aromatic nitrogens is 1. The number of fused-ring (bicyclic) bond motifs is 1. The molecule has 0 saturated carbocycles. The van der Waals surface area contributed by atoms with Crippen LogP contribution in [-0.4, -0.2) is 13.4 Å². The van der Waals surface area contributed by atoms with Crippen molar-refractivity contribution in [2.45, 2.75) is 11.8 Å².